The highest BCUT2D eigenvalue weighted by Crippen LogP contribution is 2.48. The third kappa shape index (κ3) is 1.58. The lowest BCUT2D eigenvalue weighted by Gasteiger charge is -2.15. The van der Waals surface area contributed by atoms with Crippen LogP contribution >= 0.6 is 15.9 Å². The third-order valence-corrected chi connectivity index (χ3v) is 3.33. The largest absolute Gasteiger partial charge is 0.272 e. The number of halogens is 1. The second-order valence-electron chi connectivity index (χ2n) is 4.12. The minimum absolute atomic E-state index is 0.0607. The third-order valence-electron chi connectivity index (χ3n) is 2.84. The molecule has 0 bridgehead atoms. The van der Waals surface area contributed by atoms with Gasteiger partial charge in [0.05, 0.1) is 12.1 Å². The van der Waals surface area contributed by atoms with Gasteiger partial charge in [0.1, 0.15) is 5.60 Å². The fourth-order valence-corrected chi connectivity index (χ4v) is 2.22. The van der Waals surface area contributed by atoms with Gasteiger partial charge in [-0.25, -0.2) is 0 Å². The van der Waals surface area contributed by atoms with E-state index in [9.17, 15) is 4.79 Å². The van der Waals surface area contributed by atoms with Crippen molar-refractivity contribution in [2.24, 2.45) is 0 Å². The molecule has 3 nitrogen and oxygen atoms in total. The van der Waals surface area contributed by atoms with Gasteiger partial charge in [-0.1, -0.05) is 22.0 Å². The van der Waals surface area contributed by atoms with Crippen LogP contribution in [-0.2, 0) is 9.63 Å². The first-order chi connectivity index (χ1) is 7.19. The van der Waals surface area contributed by atoms with E-state index in [-0.39, 0.29) is 11.5 Å². The van der Waals surface area contributed by atoms with Crippen LogP contribution in [0.4, 0.5) is 5.69 Å². The number of hydrogen-bond acceptors (Lipinski definition) is 2. The summed E-state index contributed by atoms with van der Waals surface area (Å²) in [4.78, 5) is 17.4. The summed E-state index contributed by atoms with van der Waals surface area (Å²) >= 11 is 3.38. The summed E-state index contributed by atoms with van der Waals surface area (Å²) in [5.41, 5.74) is 0.650. The highest BCUT2D eigenvalue weighted by Gasteiger charge is 2.54. The molecule has 1 aliphatic heterocycles. The normalized spacial score (nSPS) is 22.5. The Hall–Kier alpha value is -0.870. The van der Waals surface area contributed by atoms with Gasteiger partial charge in [-0.2, -0.15) is 5.06 Å². The van der Waals surface area contributed by atoms with Crippen molar-refractivity contribution in [3.63, 3.8) is 0 Å². The van der Waals surface area contributed by atoms with Crippen molar-refractivity contribution in [1.82, 2.24) is 0 Å². The van der Waals surface area contributed by atoms with Crippen molar-refractivity contribution < 1.29 is 9.63 Å². The molecule has 15 heavy (non-hydrogen) atoms. The number of rotatable bonds is 1. The fourth-order valence-electron chi connectivity index (χ4n) is 1.83. The summed E-state index contributed by atoms with van der Waals surface area (Å²) < 4.78 is 0.952. The monoisotopic (exact) mass is 267 g/mol. The molecule has 0 N–H and O–H groups in total. The smallest absolute Gasteiger partial charge is 0.253 e. The zero-order chi connectivity index (χ0) is 10.5. The molecule has 1 aromatic carbocycles. The molecule has 3 rings (SSSR count). The summed E-state index contributed by atoms with van der Waals surface area (Å²) in [7, 11) is 0. The summed E-state index contributed by atoms with van der Waals surface area (Å²) in [5.74, 6) is 0.0607. The van der Waals surface area contributed by atoms with E-state index in [4.69, 9.17) is 4.84 Å². The van der Waals surface area contributed by atoms with E-state index in [1.807, 2.05) is 24.3 Å². The van der Waals surface area contributed by atoms with Gasteiger partial charge in [-0.15, -0.1) is 0 Å². The van der Waals surface area contributed by atoms with E-state index < -0.39 is 0 Å². The summed E-state index contributed by atoms with van der Waals surface area (Å²) in [6.07, 6.45) is 2.53. The lowest BCUT2D eigenvalue weighted by atomic mass is 10.2. The molecule has 1 saturated heterocycles. The van der Waals surface area contributed by atoms with E-state index in [0.717, 1.165) is 23.0 Å². The molecular weight excluding hydrogens is 258 g/mol. The zero-order valence-corrected chi connectivity index (χ0v) is 9.66. The van der Waals surface area contributed by atoms with E-state index in [2.05, 4.69) is 15.9 Å². The van der Waals surface area contributed by atoms with Crippen LogP contribution in [-0.4, -0.2) is 11.5 Å². The molecule has 4 heteroatoms. The number of carbonyl (C=O) groups is 1. The number of nitrogens with zero attached hydrogens (tertiary/aromatic N) is 1. The number of benzene rings is 1. The Bertz CT molecular complexity index is 428. The molecule has 0 radical (unpaired) electrons. The highest BCUT2D eigenvalue weighted by atomic mass is 79.9. The Morgan fingerprint density at radius 3 is 2.80 bits per heavy atom. The van der Waals surface area contributed by atoms with Crippen molar-refractivity contribution >= 4 is 27.5 Å². The first kappa shape index (κ1) is 9.36. The lowest BCUT2D eigenvalue weighted by Crippen LogP contribution is -2.23. The van der Waals surface area contributed by atoms with E-state index >= 15 is 0 Å². The Morgan fingerprint density at radius 1 is 1.40 bits per heavy atom. The van der Waals surface area contributed by atoms with Gasteiger partial charge >= 0.3 is 0 Å². The van der Waals surface area contributed by atoms with Crippen molar-refractivity contribution in [1.29, 1.82) is 0 Å². The van der Waals surface area contributed by atoms with Crippen LogP contribution in [0, 0.1) is 0 Å². The molecule has 0 unspecified atom stereocenters. The van der Waals surface area contributed by atoms with Crippen LogP contribution in [0.15, 0.2) is 28.7 Å². The number of hydrogen-bond donors (Lipinski definition) is 0. The SMILES string of the molecule is O=C1CC2(CC2)ON1c1cccc(Br)c1. The fraction of sp³-hybridized carbons (Fsp3) is 0.364. The molecule has 1 saturated carbocycles. The number of anilines is 1. The van der Waals surface area contributed by atoms with Crippen LogP contribution in [0.1, 0.15) is 19.3 Å². The second-order valence-corrected chi connectivity index (χ2v) is 5.03. The average molecular weight is 268 g/mol. The predicted octanol–water partition coefficient (Wildman–Crippen LogP) is 2.65. The highest BCUT2D eigenvalue weighted by molar-refractivity contribution is 9.10. The molecule has 2 fully saturated rings. The summed E-state index contributed by atoms with van der Waals surface area (Å²) in [6, 6.07) is 7.59. The number of carbonyl (C=O) groups excluding carboxylic acids is 1. The van der Waals surface area contributed by atoms with Gasteiger partial charge in [0, 0.05) is 4.47 Å². The van der Waals surface area contributed by atoms with Crippen LogP contribution in [0.2, 0.25) is 0 Å². The van der Waals surface area contributed by atoms with E-state index in [1.165, 1.54) is 5.06 Å². The average Bonchev–Trinajstić information content (AvgIpc) is 2.85. The Kier molecular flexibility index (Phi) is 1.91. The van der Waals surface area contributed by atoms with Crippen molar-refractivity contribution in [2.75, 3.05) is 5.06 Å². The molecule has 1 aliphatic carbocycles. The van der Waals surface area contributed by atoms with Crippen molar-refractivity contribution in [3.05, 3.63) is 28.7 Å². The van der Waals surface area contributed by atoms with E-state index in [1.54, 1.807) is 0 Å². The molecular formula is C11H10BrNO2. The van der Waals surface area contributed by atoms with Gasteiger partial charge in [-0.3, -0.25) is 9.63 Å². The van der Waals surface area contributed by atoms with Crippen molar-refractivity contribution in [2.45, 2.75) is 24.9 Å². The molecule has 2 aliphatic rings. The van der Waals surface area contributed by atoms with Crippen LogP contribution in [0.3, 0.4) is 0 Å². The first-order valence-corrected chi connectivity index (χ1v) is 5.76. The van der Waals surface area contributed by atoms with Crippen LogP contribution in [0.25, 0.3) is 0 Å². The van der Waals surface area contributed by atoms with E-state index in [0.29, 0.717) is 6.42 Å². The van der Waals surface area contributed by atoms with Crippen molar-refractivity contribution in [3.8, 4) is 0 Å². The second kappa shape index (κ2) is 3.06. The molecule has 1 aromatic rings. The predicted molar refractivity (Wildman–Crippen MR) is 59.3 cm³/mol. The van der Waals surface area contributed by atoms with Gasteiger partial charge in [0.15, 0.2) is 0 Å². The summed E-state index contributed by atoms with van der Waals surface area (Å²) in [6.45, 7) is 0. The minimum atomic E-state index is -0.153. The lowest BCUT2D eigenvalue weighted by molar-refractivity contribution is -0.119. The Balaban J connectivity index is 1.91. The van der Waals surface area contributed by atoms with Gasteiger partial charge < -0.3 is 0 Å². The Labute approximate surface area is 96.1 Å². The standard InChI is InChI=1S/C11H10BrNO2/c12-8-2-1-3-9(6-8)13-10(14)7-11(15-13)4-5-11/h1-3,6H,4-5,7H2. The van der Waals surface area contributed by atoms with Gasteiger partial charge in [0.2, 0.25) is 0 Å². The quantitative estimate of drug-likeness (QED) is 0.783. The number of hydroxylamine groups is 1. The molecule has 0 aromatic heterocycles. The molecule has 1 amide bonds. The van der Waals surface area contributed by atoms with Crippen LogP contribution in [0.5, 0.6) is 0 Å². The van der Waals surface area contributed by atoms with Gasteiger partial charge in [-0.05, 0) is 31.0 Å². The van der Waals surface area contributed by atoms with Gasteiger partial charge in [0.25, 0.3) is 5.91 Å². The topological polar surface area (TPSA) is 29.5 Å². The molecule has 1 spiro atoms. The zero-order valence-electron chi connectivity index (χ0n) is 8.07. The Morgan fingerprint density at radius 2 is 2.20 bits per heavy atom. The maximum absolute atomic E-state index is 11.7. The minimum Gasteiger partial charge on any atom is -0.272 e. The number of amides is 1. The summed E-state index contributed by atoms with van der Waals surface area (Å²) in [5, 5.41) is 1.43. The van der Waals surface area contributed by atoms with Crippen LogP contribution < -0.4 is 5.06 Å². The molecule has 78 valence electrons. The first-order valence-electron chi connectivity index (χ1n) is 4.96. The molecule has 0 atom stereocenters. The molecule has 1 heterocycles. The maximum Gasteiger partial charge on any atom is 0.253 e. The maximum atomic E-state index is 11.7.